The molecule has 1 amide bonds. The number of carbonyl (C=O) groups is 1. The second-order valence-electron chi connectivity index (χ2n) is 5.43. The lowest BCUT2D eigenvalue weighted by molar-refractivity contribution is -0.122. The molecule has 0 aliphatic rings. The van der Waals surface area contributed by atoms with Gasteiger partial charge >= 0.3 is 0 Å². The van der Waals surface area contributed by atoms with E-state index in [0.717, 1.165) is 10.7 Å². The van der Waals surface area contributed by atoms with Crippen LogP contribution < -0.4 is 16.0 Å². The predicted octanol–water partition coefficient (Wildman–Crippen LogP) is 1.14. The van der Waals surface area contributed by atoms with E-state index < -0.39 is 16.1 Å². The summed E-state index contributed by atoms with van der Waals surface area (Å²) in [4.78, 5) is 12.0. The number of thiocarbonyl (C=S) groups is 1. The number of nitrogens with zero attached hydrogens (tertiary/aromatic N) is 1. The molecule has 7 nitrogen and oxygen atoms in total. The Kier molecular flexibility index (Phi) is 7.59. The third-order valence-corrected chi connectivity index (χ3v) is 5.19. The third-order valence-electron chi connectivity index (χ3n) is 3.16. The molecule has 0 spiro atoms. The van der Waals surface area contributed by atoms with Crippen molar-refractivity contribution in [3.05, 3.63) is 24.3 Å². The fourth-order valence-electron chi connectivity index (χ4n) is 1.78. The Balaban J connectivity index is 2.73. The van der Waals surface area contributed by atoms with Gasteiger partial charge in [-0.3, -0.25) is 4.79 Å². The minimum absolute atomic E-state index is 0.148. The van der Waals surface area contributed by atoms with Crippen LogP contribution >= 0.6 is 12.2 Å². The zero-order valence-electron chi connectivity index (χ0n) is 14.3. The van der Waals surface area contributed by atoms with Gasteiger partial charge in [-0.25, -0.2) is 12.7 Å². The number of carbonyl (C=O) groups excluding carboxylic acids is 1. The second-order valence-corrected chi connectivity index (χ2v) is 7.99. The fraction of sp³-hybridized carbons (Fsp3) is 0.467. The van der Waals surface area contributed by atoms with Crippen molar-refractivity contribution in [3.8, 4) is 0 Å². The SMILES string of the molecule is CCCNC(=O)[C@H](C)NC(=S)Nc1cccc(S(=O)(=O)N(C)C)c1. The lowest BCUT2D eigenvalue weighted by atomic mass is 10.3. The summed E-state index contributed by atoms with van der Waals surface area (Å²) in [5, 5.41) is 8.77. The summed E-state index contributed by atoms with van der Waals surface area (Å²) in [5.74, 6) is -0.148. The Labute approximate surface area is 148 Å². The fourth-order valence-corrected chi connectivity index (χ4v) is 3.02. The molecule has 9 heteroatoms. The number of anilines is 1. The molecule has 24 heavy (non-hydrogen) atoms. The van der Waals surface area contributed by atoms with Crippen LogP contribution in [0.25, 0.3) is 0 Å². The molecule has 0 aliphatic carbocycles. The van der Waals surface area contributed by atoms with E-state index in [1.54, 1.807) is 19.1 Å². The topological polar surface area (TPSA) is 90.5 Å². The first kappa shape index (κ1) is 20.3. The first-order valence-electron chi connectivity index (χ1n) is 7.56. The van der Waals surface area contributed by atoms with Crippen molar-refractivity contribution in [1.82, 2.24) is 14.9 Å². The standard InChI is InChI=1S/C15H24N4O3S2/c1-5-9-16-14(20)11(2)17-15(23)18-12-7-6-8-13(10-12)24(21,22)19(3)4/h6-8,10-11H,5,9H2,1-4H3,(H,16,20)(H2,17,18,23)/t11-/m0/s1. The van der Waals surface area contributed by atoms with Gasteiger partial charge in [0.25, 0.3) is 0 Å². The van der Waals surface area contributed by atoms with Gasteiger partial charge in [-0.05, 0) is 43.8 Å². The van der Waals surface area contributed by atoms with Crippen LogP contribution in [0.15, 0.2) is 29.2 Å². The molecule has 0 aliphatic heterocycles. The van der Waals surface area contributed by atoms with Crippen LogP contribution in [0, 0.1) is 0 Å². The van der Waals surface area contributed by atoms with E-state index in [1.807, 2.05) is 6.92 Å². The highest BCUT2D eigenvalue weighted by Gasteiger charge is 2.18. The molecule has 0 bridgehead atoms. The monoisotopic (exact) mass is 372 g/mol. The third kappa shape index (κ3) is 5.73. The summed E-state index contributed by atoms with van der Waals surface area (Å²) in [6.45, 7) is 4.28. The summed E-state index contributed by atoms with van der Waals surface area (Å²) in [5.41, 5.74) is 0.525. The Morgan fingerprint density at radius 1 is 1.33 bits per heavy atom. The highest BCUT2D eigenvalue weighted by Crippen LogP contribution is 2.17. The van der Waals surface area contributed by atoms with Crippen LogP contribution in [-0.4, -0.2) is 50.4 Å². The zero-order chi connectivity index (χ0) is 18.3. The summed E-state index contributed by atoms with van der Waals surface area (Å²) in [6, 6.07) is 5.83. The van der Waals surface area contributed by atoms with E-state index in [9.17, 15) is 13.2 Å². The molecular weight excluding hydrogens is 348 g/mol. The van der Waals surface area contributed by atoms with Crippen LogP contribution in [0.4, 0.5) is 5.69 Å². The molecule has 0 heterocycles. The average Bonchev–Trinajstić information content (AvgIpc) is 2.52. The Hall–Kier alpha value is -1.71. The quantitative estimate of drug-likeness (QED) is 0.622. The number of benzene rings is 1. The predicted molar refractivity (Wildman–Crippen MR) is 99.4 cm³/mol. The van der Waals surface area contributed by atoms with Crippen molar-refractivity contribution in [2.75, 3.05) is 26.0 Å². The van der Waals surface area contributed by atoms with Gasteiger partial charge in [0, 0.05) is 26.3 Å². The maximum absolute atomic E-state index is 12.1. The van der Waals surface area contributed by atoms with Crippen molar-refractivity contribution in [2.45, 2.75) is 31.2 Å². The smallest absolute Gasteiger partial charge is 0.242 e. The molecule has 3 N–H and O–H groups in total. The number of rotatable bonds is 7. The van der Waals surface area contributed by atoms with E-state index in [0.29, 0.717) is 12.2 Å². The van der Waals surface area contributed by atoms with E-state index in [1.165, 1.54) is 26.2 Å². The first-order valence-corrected chi connectivity index (χ1v) is 9.41. The normalized spacial score (nSPS) is 12.5. The molecule has 134 valence electrons. The van der Waals surface area contributed by atoms with Gasteiger partial charge < -0.3 is 16.0 Å². The summed E-state index contributed by atoms with van der Waals surface area (Å²) in [7, 11) is -0.576. The van der Waals surface area contributed by atoms with Gasteiger partial charge in [0.1, 0.15) is 6.04 Å². The van der Waals surface area contributed by atoms with Crippen molar-refractivity contribution in [1.29, 1.82) is 0 Å². The highest BCUT2D eigenvalue weighted by molar-refractivity contribution is 7.89. The highest BCUT2D eigenvalue weighted by atomic mass is 32.2. The van der Waals surface area contributed by atoms with Gasteiger partial charge in [0.2, 0.25) is 15.9 Å². The van der Waals surface area contributed by atoms with Crippen LogP contribution in [0.1, 0.15) is 20.3 Å². The van der Waals surface area contributed by atoms with Crippen molar-refractivity contribution >= 4 is 38.9 Å². The Bertz CT molecular complexity index is 690. The molecule has 0 saturated heterocycles. The van der Waals surface area contributed by atoms with E-state index in [4.69, 9.17) is 12.2 Å². The second kappa shape index (κ2) is 8.95. The van der Waals surface area contributed by atoms with Gasteiger partial charge in [-0.1, -0.05) is 13.0 Å². The largest absolute Gasteiger partial charge is 0.354 e. The Morgan fingerprint density at radius 3 is 2.58 bits per heavy atom. The molecular formula is C15H24N4O3S2. The molecule has 0 aromatic heterocycles. The molecule has 1 aromatic carbocycles. The molecule has 1 rings (SSSR count). The lowest BCUT2D eigenvalue weighted by Crippen LogP contribution is -2.46. The molecule has 0 saturated carbocycles. The lowest BCUT2D eigenvalue weighted by Gasteiger charge is -2.17. The van der Waals surface area contributed by atoms with Crippen molar-refractivity contribution < 1.29 is 13.2 Å². The van der Waals surface area contributed by atoms with Crippen LogP contribution in [0.3, 0.4) is 0 Å². The summed E-state index contributed by atoms with van der Waals surface area (Å²) >= 11 is 5.17. The first-order chi connectivity index (χ1) is 11.2. The molecule has 0 unspecified atom stereocenters. The maximum atomic E-state index is 12.1. The van der Waals surface area contributed by atoms with Gasteiger partial charge in [-0.2, -0.15) is 0 Å². The summed E-state index contributed by atoms with van der Waals surface area (Å²) < 4.78 is 25.4. The number of amides is 1. The number of hydrogen-bond donors (Lipinski definition) is 3. The molecule has 1 atom stereocenters. The van der Waals surface area contributed by atoms with E-state index in [2.05, 4.69) is 16.0 Å². The number of nitrogens with one attached hydrogen (secondary N) is 3. The molecule has 0 radical (unpaired) electrons. The van der Waals surface area contributed by atoms with Crippen LogP contribution in [0.5, 0.6) is 0 Å². The van der Waals surface area contributed by atoms with E-state index in [-0.39, 0.29) is 15.9 Å². The van der Waals surface area contributed by atoms with Gasteiger partial charge in [-0.15, -0.1) is 0 Å². The number of sulfonamides is 1. The van der Waals surface area contributed by atoms with Crippen LogP contribution in [-0.2, 0) is 14.8 Å². The zero-order valence-corrected chi connectivity index (χ0v) is 15.9. The Morgan fingerprint density at radius 2 is 2.00 bits per heavy atom. The number of hydrogen-bond acceptors (Lipinski definition) is 4. The minimum atomic E-state index is -3.52. The van der Waals surface area contributed by atoms with Gasteiger partial charge in [0.15, 0.2) is 5.11 Å². The molecule has 0 fully saturated rings. The van der Waals surface area contributed by atoms with Crippen molar-refractivity contribution in [3.63, 3.8) is 0 Å². The van der Waals surface area contributed by atoms with Crippen molar-refractivity contribution in [2.24, 2.45) is 0 Å². The summed E-state index contributed by atoms with van der Waals surface area (Å²) in [6.07, 6.45) is 0.855. The van der Waals surface area contributed by atoms with Crippen LogP contribution in [0.2, 0.25) is 0 Å². The maximum Gasteiger partial charge on any atom is 0.242 e. The van der Waals surface area contributed by atoms with E-state index >= 15 is 0 Å². The van der Waals surface area contributed by atoms with Gasteiger partial charge in [0.05, 0.1) is 4.90 Å². The average molecular weight is 373 g/mol. The molecule has 1 aromatic rings. The minimum Gasteiger partial charge on any atom is -0.354 e.